The van der Waals surface area contributed by atoms with Crippen molar-refractivity contribution in [2.75, 3.05) is 34.7 Å². The maximum atomic E-state index is 4.18. The summed E-state index contributed by atoms with van der Waals surface area (Å²) in [6.07, 6.45) is 5.25. The van der Waals surface area contributed by atoms with Gasteiger partial charge in [0.05, 0.1) is 0 Å². The van der Waals surface area contributed by atoms with Crippen LogP contribution in [0.15, 0.2) is 4.99 Å². The van der Waals surface area contributed by atoms with Crippen LogP contribution in [0.5, 0.6) is 0 Å². The van der Waals surface area contributed by atoms with Crippen LogP contribution in [0.1, 0.15) is 32.6 Å². The van der Waals surface area contributed by atoms with Gasteiger partial charge in [-0.2, -0.15) is 0 Å². The summed E-state index contributed by atoms with van der Waals surface area (Å²) in [5.41, 5.74) is 0.282. The van der Waals surface area contributed by atoms with Gasteiger partial charge in [0.25, 0.3) is 0 Å². The van der Waals surface area contributed by atoms with Crippen LogP contribution in [0.25, 0.3) is 0 Å². The molecule has 0 aromatic carbocycles. The van der Waals surface area contributed by atoms with E-state index in [0.29, 0.717) is 0 Å². The number of nitrogens with zero attached hydrogens (tertiary/aromatic N) is 2. The fraction of sp³-hybridized carbons (Fsp3) is 0.923. The SMILES string of the molecule is CN=C(NC)NCC1(N(C)C)CCCC(C)C1. The summed E-state index contributed by atoms with van der Waals surface area (Å²) in [5, 5.41) is 6.51. The molecule has 1 aliphatic carbocycles. The minimum Gasteiger partial charge on any atom is -0.359 e. The summed E-state index contributed by atoms with van der Waals surface area (Å²) in [5.74, 6) is 1.70. The third kappa shape index (κ3) is 3.60. The van der Waals surface area contributed by atoms with E-state index in [1.807, 2.05) is 14.1 Å². The molecule has 1 rings (SSSR count). The van der Waals surface area contributed by atoms with Crippen LogP contribution in [0.4, 0.5) is 0 Å². The minimum absolute atomic E-state index is 0.282. The van der Waals surface area contributed by atoms with E-state index in [1.165, 1.54) is 25.7 Å². The molecule has 2 N–H and O–H groups in total. The molecule has 0 aliphatic heterocycles. The van der Waals surface area contributed by atoms with Crippen LogP contribution in [-0.4, -0.2) is 51.1 Å². The molecule has 1 fully saturated rings. The Kier molecular flexibility index (Phi) is 5.25. The van der Waals surface area contributed by atoms with Crippen molar-refractivity contribution in [3.8, 4) is 0 Å². The molecule has 4 nitrogen and oxygen atoms in total. The highest BCUT2D eigenvalue weighted by Crippen LogP contribution is 2.35. The molecule has 0 spiro atoms. The van der Waals surface area contributed by atoms with E-state index in [9.17, 15) is 0 Å². The molecule has 4 heteroatoms. The second-order valence-electron chi connectivity index (χ2n) is 5.50. The number of nitrogens with one attached hydrogen (secondary N) is 2. The fourth-order valence-electron chi connectivity index (χ4n) is 2.88. The smallest absolute Gasteiger partial charge is 0.190 e. The number of hydrogen-bond donors (Lipinski definition) is 2. The number of aliphatic imine (C=N–C) groups is 1. The molecule has 1 aliphatic rings. The van der Waals surface area contributed by atoms with Crippen molar-refractivity contribution < 1.29 is 0 Å². The average molecular weight is 240 g/mol. The van der Waals surface area contributed by atoms with Gasteiger partial charge in [-0.25, -0.2) is 0 Å². The average Bonchev–Trinajstić information content (AvgIpc) is 2.30. The fourth-order valence-corrected chi connectivity index (χ4v) is 2.88. The van der Waals surface area contributed by atoms with E-state index in [4.69, 9.17) is 0 Å². The van der Waals surface area contributed by atoms with Gasteiger partial charge >= 0.3 is 0 Å². The standard InChI is InChI=1S/C13H28N4/c1-11-7-6-8-13(9-11,17(4)5)10-16-12(14-2)15-3/h11H,6-10H2,1-5H3,(H2,14,15,16). The molecule has 17 heavy (non-hydrogen) atoms. The van der Waals surface area contributed by atoms with Crippen molar-refractivity contribution in [2.45, 2.75) is 38.1 Å². The van der Waals surface area contributed by atoms with Crippen molar-refractivity contribution >= 4 is 5.96 Å². The molecule has 0 radical (unpaired) electrons. The molecule has 0 aromatic rings. The highest BCUT2D eigenvalue weighted by molar-refractivity contribution is 5.79. The molecule has 2 atom stereocenters. The van der Waals surface area contributed by atoms with Crippen molar-refractivity contribution in [3.63, 3.8) is 0 Å². The molecule has 1 saturated carbocycles. The lowest BCUT2D eigenvalue weighted by Gasteiger charge is -2.45. The van der Waals surface area contributed by atoms with E-state index in [0.717, 1.165) is 18.4 Å². The van der Waals surface area contributed by atoms with Gasteiger partial charge in [-0.3, -0.25) is 4.99 Å². The minimum atomic E-state index is 0.282. The maximum Gasteiger partial charge on any atom is 0.190 e. The van der Waals surface area contributed by atoms with Crippen LogP contribution < -0.4 is 10.6 Å². The Bertz CT molecular complexity index is 262. The Balaban J connectivity index is 2.65. The van der Waals surface area contributed by atoms with Crippen LogP contribution in [0, 0.1) is 5.92 Å². The van der Waals surface area contributed by atoms with E-state index < -0.39 is 0 Å². The van der Waals surface area contributed by atoms with Crippen molar-refractivity contribution in [1.82, 2.24) is 15.5 Å². The second-order valence-corrected chi connectivity index (χ2v) is 5.50. The first kappa shape index (κ1) is 14.3. The van der Waals surface area contributed by atoms with Gasteiger partial charge in [0.1, 0.15) is 0 Å². The first-order chi connectivity index (χ1) is 8.04. The topological polar surface area (TPSA) is 39.7 Å². The van der Waals surface area contributed by atoms with Crippen LogP contribution in [0.2, 0.25) is 0 Å². The Morgan fingerprint density at radius 2 is 2.18 bits per heavy atom. The van der Waals surface area contributed by atoms with E-state index >= 15 is 0 Å². The molecule has 2 unspecified atom stereocenters. The number of guanidine groups is 1. The second kappa shape index (κ2) is 6.24. The Hall–Kier alpha value is -0.770. The van der Waals surface area contributed by atoms with Gasteiger partial charge in [-0.15, -0.1) is 0 Å². The summed E-state index contributed by atoms with van der Waals surface area (Å²) in [4.78, 5) is 6.56. The van der Waals surface area contributed by atoms with Crippen LogP contribution >= 0.6 is 0 Å². The summed E-state index contributed by atoms with van der Waals surface area (Å²) in [6.45, 7) is 3.34. The van der Waals surface area contributed by atoms with Crippen LogP contribution in [-0.2, 0) is 0 Å². The zero-order valence-corrected chi connectivity index (χ0v) is 12.0. The molecular weight excluding hydrogens is 212 g/mol. The van der Waals surface area contributed by atoms with Gasteiger partial charge < -0.3 is 15.5 Å². The lowest BCUT2D eigenvalue weighted by atomic mass is 9.75. The molecule has 0 bridgehead atoms. The highest BCUT2D eigenvalue weighted by Gasteiger charge is 2.36. The van der Waals surface area contributed by atoms with Gasteiger partial charge in [0.2, 0.25) is 0 Å². The summed E-state index contributed by atoms with van der Waals surface area (Å²) in [7, 11) is 8.11. The molecule has 0 aromatic heterocycles. The highest BCUT2D eigenvalue weighted by atomic mass is 15.2. The summed E-state index contributed by atoms with van der Waals surface area (Å²) < 4.78 is 0. The third-order valence-electron chi connectivity index (χ3n) is 4.06. The molecule has 0 saturated heterocycles. The monoisotopic (exact) mass is 240 g/mol. The maximum absolute atomic E-state index is 4.18. The summed E-state index contributed by atoms with van der Waals surface area (Å²) in [6, 6.07) is 0. The third-order valence-corrected chi connectivity index (χ3v) is 4.06. The first-order valence-electron chi connectivity index (χ1n) is 6.60. The molecule has 100 valence electrons. The summed E-state index contributed by atoms with van der Waals surface area (Å²) >= 11 is 0. The van der Waals surface area contributed by atoms with Gasteiger partial charge in [0.15, 0.2) is 5.96 Å². The van der Waals surface area contributed by atoms with Crippen LogP contribution in [0.3, 0.4) is 0 Å². The van der Waals surface area contributed by atoms with E-state index in [-0.39, 0.29) is 5.54 Å². The van der Waals surface area contributed by atoms with Crippen molar-refractivity contribution in [1.29, 1.82) is 0 Å². The zero-order valence-electron chi connectivity index (χ0n) is 12.0. The van der Waals surface area contributed by atoms with E-state index in [2.05, 4.69) is 41.5 Å². The number of likely N-dealkylation sites (N-methyl/N-ethyl adjacent to an activating group) is 1. The predicted molar refractivity (Wildman–Crippen MR) is 74.5 cm³/mol. The lowest BCUT2D eigenvalue weighted by Crippen LogP contribution is -2.56. The van der Waals surface area contributed by atoms with Gasteiger partial charge in [0, 0.05) is 26.2 Å². The number of hydrogen-bond acceptors (Lipinski definition) is 2. The Labute approximate surface area is 106 Å². The zero-order chi connectivity index (χ0) is 12.9. The van der Waals surface area contributed by atoms with Crippen molar-refractivity contribution in [2.24, 2.45) is 10.9 Å². The largest absolute Gasteiger partial charge is 0.359 e. The van der Waals surface area contributed by atoms with E-state index in [1.54, 1.807) is 0 Å². The van der Waals surface area contributed by atoms with Crippen molar-refractivity contribution in [3.05, 3.63) is 0 Å². The van der Waals surface area contributed by atoms with Gasteiger partial charge in [-0.05, 0) is 32.9 Å². The normalized spacial score (nSPS) is 30.5. The quantitative estimate of drug-likeness (QED) is 0.577. The predicted octanol–water partition coefficient (Wildman–Crippen LogP) is 1.29. The van der Waals surface area contributed by atoms with Gasteiger partial charge in [-0.1, -0.05) is 19.8 Å². The molecule has 0 amide bonds. The Morgan fingerprint density at radius 3 is 2.65 bits per heavy atom. The molecule has 0 heterocycles. The number of rotatable bonds is 3. The Morgan fingerprint density at radius 1 is 1.47 bits per heavy atom. The molecular formula is C13H28N4. The first-order valence-corrected chi connectivity index (χ1v) is 6.60. The lowest BCUT2D eigenvalue weighted by molar-refractivity contribution is 0.0796.